The smallest absolute Gasteiger partial charge is 0.0438 e. The number of pyridine rings is 1. The Kier molecular flexibility index (Phi) is 5.72. The number of likely N-dealkylation sites (N-methyl/N-ethyl adjacent to an activating group) is 1. The minimum absolute atomic E-state index is 0.873. The van der Waals surface area contributed by atoms with Crippen molar-refractivity contribution in [3.63, 3.8) is 0 Å². The van der Waals surface area contributed by atoms with Crippen LogP contribution in [0.25, 0.3) is 0 Å². The Balaban J connectivity index is 0.000000686. The summed E-state index contributed by atoms with van der Waals surface area (Å²) in [6.07, 6.45) is 12.3. The van der Waals surface area contributed by atoms with E-state index in [2.05, 4.69) is 21.0 Å². The highest BCUT2D eigenvalue weighted by Gasteiger charge is 2.03. The molecule has 0 aromatic carbocycles. The third-order valence-electron chi connectivity index (χ3n) is 2.31. The SMILES string of the molecule is CC.CN(C1=CCC=NC=C1)c1ccncc1. The van der Waals surface area contributed by atoms with E-state index in [1.165, 1.54) is 0 Å². The molecule has 0 saturated heterocycles. The minimum atomic E-state index is 0.873. The highest BCUT2D eigenvalue weighted by molar-refractivity contribution is 5.63. The molecule has 0 fully saturated rings. The van der Waals surface area contributed by atoms with Crippen molar-refractivity contribution < 1.29 is 0 Å². The first-order valence-electron chi connectivity index (χ1n) is 5.90. The Morgan fingerprint density at radius 1 is 1.18 bits per heavy atom. The predicted octanol–water partition coefficient (Wildman–Crippen LogP) is 3.42. The van der Waals surface area contributed by atoms with Gasteiger partial charge in [-0.1, -0.05) is 19.9 Å². The lowest BCUT2D eigenvalue weighted by atomic mass is 10.2. The second kappa shape index (κ2) is 7.39. The van der Waals surface area contributed by atoms with Gasteiger partial charge in [0.1, 0.15) is 0 Å². The van der Waals surface area contributed by atoms with Gasteiger partial charge in [0, 0.05) is 49.7 Å². The maximum Gasteiger partial charge on any atom is 0.0438 e. The van der Waals surface area contributed by atoms with E-state index in [1.54, 1.807) is 12.4 Å². The van der Waals surface area contributed by atoms with Gasteiger partial charge in [0.25, 0.3) is 0 Å². The van der Waals surface area contributed by atoms with E-state index in [0.29, 0.717) is 0 Å². The largest absolute Gasteiger partial charge is 0.345 e. The second-order valence-corrected chi connectivity index (χ2v) is 3.28. The summed E-state index contributed by atoms with van der Waals surface area (Å²) in [7, 11) is 2.04. The molecule has 0 N–H and O–H groups in total. The zero-order valence-electron chi connectivity index (χ0n) is 10.7. The van der Waals surface area contributed by atoms with E-state index in [9.17, 15) is 0 Å². The molecule has 90 valence electrons. The molecule has 3 heteroatoms. The summed E-state index contributed by atoms with van der Waals surface area (Å²) in [6.45, 7) is 4.00. The quantitative estimate of drug-likeness (QED) is 0.777. The van der Waals surface area contributed by atoms with Crippen LogP contribution in [-0.4, -0.2) is 18.2 Å². The molecule has 0 unspecified atom stereocenters. The van der Waals surface area contributed by atoms with Crippen LogP contribution >= 0.6 is 0 Å². The van der Waals surface area contributed by atoms with Crippen molar-refractivity contribution in [3.8, 4) is 0 Å². The molecule has 0 radical (unpaired) electrons. The number of aliphatic imine (C=N–C) groups is 1. The number of anilines is 1. The van der Waals surface area contributed by atoms with Crippen LogP contribution in [0.2, 0.25) is 0 Å². The summed E-state index contributed by atoms with van der Waals surface area (Å²) < 4.78 is 0. The molecule has 0 atom stereocenters. The average molecular weight is 229 g/mol. The van der Waals surface area contributed by atoms with Crippen LogP contribution in [0.5, 0.6) is 0 Å². The molecule has 1 aromatic rings. The number of allylic oxidation sites excluding steroid dienone is 2. The third kappa shape index (κ3) is 3.87. The van der Waals surface area contributed by atoms with Crippen molar-refractivity contribution in [1.82, 2.24) is 4.98 Å². The number of hydrogen-bond acceptors (Lipinski definition) is 3. The molecule has 2 rings (SSSR count). The minimum Gasteiger partial charge on any atom is -0.345 e. The van der Waals surface area contributed by atoms with Gasteiger partial charge in [0.05, 0.1) is 0 Å². The third-order valence-corrected chi connectivity index (χ3v) is 2.31. The maximum atomic E-state index is 4.10. The Hall–Kier alpha value is -1.90. The number of rotatable bonds is 2. The molecule has 0 aliphatic carbocycles. The van der Waals surface area contributed by atoms with Gasteiger partial charge >= 0.3 is 0 Å². The van der Waals surface area contributed by atoms with Crippen molar-refractivity contribution in [2.24, 2.45) is 4.99 Å². The van der Waals surface area contributed by atoms with Crippen molar-refractivity contribution in [1.29, 1.82) is 0 Å². The van der Waals surface area contributed by atoms with E-state index in [4.69, 9.17) is 0 Å². The highest BCUT2D eigenvalue weighted by atomic mass is 15.1. The van der Waals surface area contributed by atoms with Crippen molar-refractivity contribution in [2.75, 3.05) is 11.9 Å². The van der Waals surface area contributed by atoms with Gasteiger partial charge in [0.2, 0.25) is 0 Å². The van der Waals surface area contributed by atoms with Gasteiger partial charge in [-0.05, 0) is 18.2 Å². The van der Waals surface area contributed by atoms with E-state index >= 15 is 0 Å². The highest BCUT2D eigenvalue weighted by Crippen LogP contribution is 2.17. The standard InChI is InChI=1S/C12H13N3.C2H6/c1-15(12-5-9-14-10-6-12)11-3-2-7-13-8-4-11;1-2/h3-10H,2H2,1H3;1-2H3. The van der Waals surface area contributed by atoms with E-state index < -0.39 is 0 Å². The average Bonchev–Trinajstić information content (AvgIpc) is 2.70. The van der Waals surface area contributed by atoms with Crippen molar-refractivity contribution >= 4 is 11.9 Å². The summed E-state index contributed by atoms with van der Waals surface area (Å²) in [5.74, 6) is 0. The Morgan fingerprint density at radius 2 is 1.88 bits per heavy atom. The van der Waals surface area contributed by atoms with E-state index in [1.807, 2.05) is 51.5 Å². The molecule has 2 heterocycles. The Morgan fingerprint density at radius 3 is 2.59 bits per heavy atom. The molecule has 17 heavy (non-hydrogen) atoms. The summed E-state index contributed by atoms with van der Waals surface area (Å²) >= 11 is 0. The molecular formula is C14H19N3. The normalized spacial score (nSPS) is 13.2. The summed E-state index contributed by atoms with van der Waals surface area (Å²) in [5.41, 5.74) is 2.28. The van der Waals surface area contributed by atoms with Crippen molar-refractivity contribution in [3.05, 3.63) is 48.6 Å². The lowest BCUT2D eigenvalue weighted by Crippen LogP contribution is -2.14. The Labute approximate surface area is 103 Å². The summed E-state index contributed by atoms with van der Waals surface area (Å²) in [6, 6.07) is 3.97. The molecule has 0 saturated carbocycles. The first-order chi connectivity index (χ1) is 8.38. The van der Waals surface area contributed by atoms with Crippen LogP contribution in [0.15, 0.2) is 53.6 Å². The van der Waals surface area contributed by atoms with Crippen LogP contribution in [-0.2, 0) is 0 Å². The van der Waals surface area contributed by atoms with Gasteiger partial charge in [-0.15, -0.1) is 0 Å². The topological polar surface area (TPSA) is 28.5 Å². The van der Waals surface area contributed by atoms with Crippen LogP contribution in [0, 0.1) is 0 Å². The fourth-order valence-corrected chi connectivity index (χ4v) is 1.45. The monoisotopic (exact) mass is 229 g/mol. The zero-order valence-corrected chi connectivity index (χ0v) is 10.7. The molecule has 3 nitrogen and oxygen atoms in total. The molecule has 1 aliphatic heterocycles. The summed E-state index contributed by atoms with van der Waals surface area (Å²) in [4.78, 5) is 10.2. The van der Waals surface area contributed by atoms with Gasteiger partial charge < -0.3 is 4.90 Å². The fourth-order valence-electron chi connectivity index (χ4n) is 1.45. The van der Waals surface area contributed by atoms with Gasteiger partial charge in [-0.3, -0.25) is 9.98 Å². The molecule has 0 amide bonds. The summed E-state index contributed by atoms with van der Waals surface area (Å²) in [5, 5.41) is 0. The molecule has 1 aromatic heterocycles. The van der Waals surface area contributed by atoms with Crippen LogP contribution in [0.3, 0.4) is 0 Å². The van der Waals surface area contributed by atoms with Crippen LogP contribution in [0.4, 0.5) is 5.69 Å². The lowest BCUT2D eigenvalue weighted by molar-refractivity contribution is 1.11. The molecule has 1 aliphatic rings. The number of aromatic nitrogens is 1. The van der Waals surface area contributed by atoms with Gasteiger partial charge in [-0.2, -0.15) is 0 Å². The second-order valence-electron chi connectivity index (χ2n) is 3.28. The first kappa shape index (κ1) is 13.2. The number of hydrogen-bond donors (Lipinski definition) is 0. The van der Waals surface area contributed by atoms with E-state index in [-0.39, 0.29) is 0 Å². The maximum absolute atomic E-state index is 4.10. The fraction of sp³-hybridized carbons (Fsp3) is 0.286. The predicted molar refractivity (Wildman–Crippen MR) is 74.3 cm³/mol. The lowest BCUT2D eigenvalue weighted by Gasteiger charge is -2.19. The number of nitrogens with zero attached hydrogens (tertiary/aromatic N) is 3. The van der Waals surface area contributed by atoms with Crippen molar-refractivity contribution in [2.45, 2.75) is 20.3 Å². The zero-order chi connectivity index (χ0) is 12.5. The van der Waals surface area contributed by atoms with Gasteiger partial charge in [0.15, 0.2) is 0 Å². The molecular weight excluding hydrogens is 210 g/mol. The molecule has 0 bridgehead atoms. The molecule has 0 spiro atoms. The van der Waals surface area contributed by atoms with Crippen LogP contribution < -0.4 is 4.90 Å². The van der Waals surface area contributed by atoms with E-state index in [0.717, 1.165) is 17.8 Å². The van der Waals surface area contributed by atoms with Crippen LogP contribution in [0.1, 0.15) is 20.3 Å². The first-order valence-corrected chi connectivity index (χ1v) is 5.90. The Bertz CT molecular complexity index is 405. The van der Waals surface area contributed by atoms with Gasteiger partial charge in [-0.25, -0.2) is 0 Å².